The van der Waals surface area contributed by atoms with Crippen molar-refractivity contribution in [2.45, 2.75) is 57.4 Å². The third-order valence-electron chi connectivity index (χ3n) is 7.01. The smallest absolute Gasteiger partial charge is 0.293 e. The van der Waals surface area contributed by atoms with E-state index in [0.29, 0.717) is 42.4 Å². The molecule has 4 atom stereocenters. The molecule has 0 radical (unpaired) electrons. The lowest BCUT2D eigenvalue weighted by Gasteiger charge is -2.20. The highest BCUT2D eigenvalue weighted by Gasteiger charge is 2.49. The number of aryl methyl sites for hydroxylation is 1. The summed E-state index contributed by atoms with van der Waals surface area (Å²) in [6.45, 7) is 5.12. The Balaban J connectivity index is 1.33. The van der Waals surface area contributed by atoms with Crippen molar-refractivity contribution in [3.8, 4) is 0 Å². The van der Waals surface area contributed by atoms with E-state index in [9.17, 15) is 9.90 Å². The van der Waals surface area contributed by atoms with Crippen LogP contribution >= 0.6 is 0 Å². The molecule has 0 spiro atoms. The Kier molecular flexibility index (Phi) is 7.93. The standard InChI is InChI=1S/C27H32N12O4/c1-16(2)39-35-24(34-36-39)21-20(41)22(42-15-40)26(43-21)38-14-31-19-23(29-11-17-7-5-4-6-8-17)32-27(33-25(19)38)28-10-9-18-12-37(3)13-30-18/h4-8,12-16,20-22,26,41H,9-11H2,1-3H3,(H2,28,29,32,33)/t20?,21?,22-,26-/m1/s1. The summed E-state index contributed by atoms with van der Waals surface area (Å²) in [5.41, 5.74) is 2.87. The van der Waals surface area contributed by atoms with Crippen LogP contribution in [0.25, 0.3) is 11.2 Å². The highest BCUT2D eigenvalue weighted by atomic mass is 16.6. The number of hydrogen-bond donors (Lipinski definition) is 3. The van der Waals surface area contributed by atoms with E-state index in [2.05, 4.69) is 36.0 Å². The van der Waals surface area contributed by atoms with Crippen LogP contribution in [0.15, 0.2) is 49.2 Å². The summed E-state index contributed by atoms with van der Waals surface area (Å²) < 4.78 is 15.0. The molecule has 2 unspecified atom stereocenters. The van der Waals surface area contributed by atoms with Gasteiger partial charge in [-0.2, -0.15) is 14.8 Å². The van der Waals surface area contributed by atoms with E-state index >= 15 is 0 Å². The maximum Gasteiger partial charge on any atom is 0.293 e. The molecule has 5 aromatic rings. The van der Waals surface area contributed by atoms with Crippen molar-refractivity contribution < 1.29 is 19.4 Å². The molecule has 0 amide bonds. The van der Waals surface area contributed by atoms with E-state index in [1.807, 2.05) is 62.0 Å². The van der Waals surface area contributed by atoms with Gasteiger partial charge in [-0.3, -0.25) is 9.36 Å². The molecule has 16 heteroatoms. The van der Waals surface area contributed by atoms with Gasteiger partial charge >= 0.3 is 0 Å². The molecule has 1 aliphatic heterocycles. The molecule has 3 N–H and O–H groups in total. The Morgan fingerprint density at radius 3 is 2.70 bits per heavy atom. The number of aromatic nitrogens is 10. The van der Waals surface area contributed by atoms with Crippen LogP contribution in [0.4, 0.5) is 11.8 Å². The largest absolute Gasteiger partial charge is 0.457 e. The first-order valence-electron chi connectivity index (χ1n) is 13.9. The average molecular weight is 589 g/mol. The van der Waals surface area contributed by atoms with Gasteiger partial charge in [-0.1, -0.05) is 30.3 Å². The fraction of sp³-hybridized carbons (Fsp3) is 0.407. The van der Waals surface area contributed by atoms with Crippen molar-refractivity contribution in [1.82, 2.24) is 49.3 Å². The molecule has 0 aliphatic carbocycles. The first-order chi connectivity index (χ1) is 20.9. The Labute approximate surface area is 246 Å². The molecule has 224 valence electrons. The highest BCUT2D eigenvalue weighted by Crippen LogP contribution is 2.40. The minimum Gasteiger partial charge on any atom is -0.457 e. The molecule has 43 heavy (non-hydrogen) atoms. The molecule has 1 aromatic carbocycles. The number of fused-ring (bicyclic) bond motifs is 1. The van der Waals surface area contributed by atoms with Crippen molar-refractivity contribution in [3.05, 3.63) is 66.3 Å². The number of anilines is 2. The molecule has 0 bridgehead atoms. The maximum absolute atomic E-state index is 11.5. The van der Waals surface area contributed by atoms with Crippen LogP contribution in [0, 0.1) is 0 Å². The quantitative estimate of drug-likeness (QED) is 0.179. The third-order valence-corrected chi connectivity index (χ3v) is 7.01. The molecular formula is C27H32N12O4. The van der Waals surface area contributed by atoms with Crippen LogP contribution in [0.1, 0.15) is 49.3 Å². The van der Waals surface area contributed by atoms with Crippen LogP contribution in [-0.2, 0) is 34.3 Å². The second kappa shape index (κ2) is 12.1. The zero-order valence-corrected chi connectivity index (χ0v) is 23.8. The van der Waals surface area contributed by atoms with Crippen LogP contribution in [0.5, 0.6) is 0 Å². The Morgan fingerprint density at radius 2 is 1.98 bits per heavy atom. The van der Waals surface area contributed by atoms with Gasteiger partial charge in [0.25, 0.3) is 6.47 Å². The number of ether oxygens (including phenoxy) is 2. The molecule has 16 nitrogen and oxygen atoms in total. The summed E-state index contributed by atoms with van der Waals surface area (Å²) in [7, 11) is 1.92. The van der Waals surface area contributed by atoms with E-state index in [0.717, 1.165) is 11.3 Å². The van der Waals surface area contributed by atoms with Crippen molar-refractivity contribution in [2.75, 3.05) is 17.2 Å². The van der Waals surface area contributed by atoms with Crippen LogP contribution in [0.2, 0.25) is 0 Å². The van der Waals surface area contributed by atoms with Crippen molar-refractivity contribution in [1.29, 1.82) is 0 Å². The van der Waals surface area contributed by atoms with Crippen molar-refractivity contribution >= 4 is 29.4 Å². The maximum atomic E-state index is 11.5. The fourth-order valence-electron chi connectivity index (χ4n) is 4.85. The number of tetrazole rings is 1. The average Bonchev–Trinajstić information content (AvgIpc) is 3.80. The van der Waals surface area contributed by atoms with Gasteiger partial charge in [0.05, 0.1) is 24.4 Å². The minimum absolute atomic E-state index is 0.0442. The topological polar surface area (TPSA) is 185 Å². The van der Waals surface area contributed by atoms with E-state index < -0.39 is 24.5 Å². The molecule has 1 fully saturated rings. The lowest BCUT2D eigenvalue weighted by Crippen LogP contribution is -2.32. The van der Waals surface area contributed by atoms with Crippen LogP contribution in [0.3, 0.4) is 0 Å². The number of aliphatic hydroxyl groups excluding tert-OH is 1. The normalized spacial score (nSPS) is 20.1. The number of hydrogen-bond acceptors (Lipinski definition) is 13. The van der Waals surface area contributed by atoms with Gasteiger partial charge in [0.2, 0.25) is 11.8 Å². The number of rotatable bonds is 12. The van der Waals surface area contributed by atoms with Crippen molar-refractivity contribution in [3.63, 3.8) is 0 Å². The molecule has 4 aromatic heterocycles. The molecule has 1 saturated heterocycles. The Hall–Kier alpha value is -4.96. The van der Waals surface area contributed by atoms with Gasteiger partial charge in [0, 0.05) is 32.8 Å². The van der Waals surface area contributed by atoms with Gasteiger partial charge in [-0.25, -0.2) is 9.97 Å². The number of nitrogens with one attached hydrogen (secondary N) is 2. The van der Waals surface area contributed by atoms with E-state index in [1.165, 1.54) is 11.1 Å². The Bertz CT molecular complexity index is 1680. The number of carbonyl (C=O) groups excluding carboxylic acids is 1. The lowest BCUT2D eigenvalue weighted by molar-refractivity contribution is -0.142. The summed E-state index contributed by atoms with van der Waals surface area (Å²) in [5, 5.41) is 30.2. The third kappa shape index (κ3) is 5.87. The number of benzene rings is 1. The first kappa shape index (κ1) is 28.2. The lowest BCUT2D eigenvalue weighted by atomic mass is 10.1. The van der Waals surface area contributed by atoms with E-state index in [4.69, 9.17) is 19.4 Å². The van der Waals surface area contributed by atoms with Gasteiger partial charge in [0.1, 0.15) is 6.10 Å². The van der Waals surface area contributed by atoms with Gasteiger partial charge < -0.3 is 29.8 Å². The molecule has 1 aliphatic rings. The fourth-order valence-corrected chi connectivity index (χ4v) is 4.85. The van der Waals surface area contributed by atoms with E-state index in [-0.39, 0.29) is 18.3 Å². The number of carbonyl (C=O) groups is 1. The molecule has 0 saturated carbocycles. The molecule has 5 heterocycles. The predicted molar refractivity (Wildman–Crippen MR) is 153 cm³/mol. The molecular weight excluding hydrogens is 556 g/mol. The van der Waals surface area contributed by atoms with Crippen molar-refractivity contribution in [2.24, 2.45) is 7.05 Å². The van der Waals surface area contributed by atoms with Gasteiger partial charge in [-0.15, -0.1) is 10.2 Å². The summed E-state index contributed by atoms with van der Waals surface area (Å²) >= 11 is 0. The Morgan fingerprint density at radius 1 is 1.14 bits per heavy atom. The summed E-state index contributed by atoms with van der Waals surface area (Å²) in [5.74, 6) is 1.02. The second-order valence-electron chi connectivity index (χ2n) is 10.5. The predicted octanol–water partition coefficient (Wildman–Crippen LogP) is 1.57. The zero-order valence-electron chi connectivity index (χ0n) is 23.8. The number of nitrogens with zero attached hydrogens (tertiary/aromatic N) is 10. The number of aliphatic hydroxyl groups is 1. The SMILES string of the molecule is CC(C)n1nnc(C2O[C@@H](n3cnc4c(NCc5ccccc5)nc(NCCc5cn(C)cn5)nc43)[C@H](OC=O)C2O)n1. The zero-order chi connectivity index (χ0) is 29.9. The van der Waals surface area contributed by atoms with Crippen LogP contribution in [-0.4, -0.2) is 79.6 Å². The molecule has 6 rings (SSSR count). The van der Waals surface area contributed by atoms with Gasteiger partial charge in [-0.05, 0) is 24.6 Å². The van der Waals surface area contributed by atoms with Crippen LogP contribution < -0.4 is 10.6 Å². The first-order valence-corrected chi connectivity index (χ1v) is 13.9. The monoisotopic (exact) mass is 588 g/mol. The summed E-state index contributed by atoms with van der Waals surface area (Å²) in [6.07, 6.45) is 1.52. The number of imidazole rings is 2. The second-order valence-corrected chi connectivity index (χ2v) is 10.5. The summed E-state index contributed by atoms with van der Waals surface area (Å²) in [4.78, 5) is 31.3. The van der Waals surface area contributed by atoms with Gasteiger partial charge in [0.15, 0.2) is 35.4 Å². The highest BCUT2D eigenvalue weighted by molar-refractivity contribution is 5.84. The summed E-state index contributed by atoms with van der Waals surface area (Å²) in [6, 6.07) is 9.86. The minimum atomic E-state index is -1.27. The van der Waals surface area contributed by atoms with E-state index in [1.54, 1.807) is 10.9 Å².